The summed E-state index contributed by atoms with van der Waals surface area (Å²) in [6.07, 6.45) is 2.74. The van der Waals surface area contributed by atoms with E-state index in [9.17, 15) is 0 Å². The van der Waals surface area contributed by atoms with Crippen molar-refractivity contribution in [1.82, 2.24) is 14.9 Å². The summed E-state index contributed by atoms with van der Waals surface area (Å²) in [5.41, 5.74) is 0.786. The maximum absolute atomic E-state index is 5.37. The number of nitrogens with zero attached hydrogens (tertiary/aromatic N) is 3. The summed E-state index contributed by atoms with van der Waals surface area (Å²) in [5.74, 6) is 2.75. The van der Waals surface area contributed by atoms with E-state index in [1.165, 1.54) is 0 Å². The van der Waals surface area contributed by atoms with E-state index in [0.29, 0.717) is 11.8 Å². The zero-order chi connectivity index (χ0) is 17.4. The van der Waals surface area contributed by atoms with Gasteiger partial charge in [0.25, 0.3) is 0 Å². The molecule has 1 heterocycles. The van der Waals surface area contributed by atoms with Crippen LogP contribution < -0.4 is 20.1 Å². The smallest absolute Gasteiger partial charge is 0.224 e. The molecule has 24 heavy (non-hydrogen) atoms. The Balaban J connectivity index is 2.04. The van der Waals surface area contributed by atoms with E-state index >= 15 is 0 Å². The highest BCUT2D eigenvalue weighted by atomic mass is 16.5. The van der Waals surface area contributed by atoms with Gasteiger partial charge < -0.3 is 25.0 Å². The van der Waals surface area contributed by atoms with E-state index < -0.39 is 0 Å². The Kier molecular flexibility index (Phi) is 6.62. The SMILES string of the molecule is COc1ccc(OC)c(Nc2ccnc(NCCCN(C)C)n2)c1. The van der Waals surface area contributed by atoms with Crippen LogP contribution in [-0.4, -0.2) is 56.3 Å². The molecule has 1 aromatic heterocycles. The lowest BCUT2D eigenvalue weighted by molar-refractivity contribution is 0.405. The van der Waals surface area contributed by atoms with Gasteiger partial charge >= 0.3 is 0 Å². The summed E-state index contributed by atoms with van der Waals surface area (Å²) in [5, 5.41) is 6.48. The average Bonchev–Trinajstić information content (AvgIpc) is 2.59. The summed E-state index contributed by atoms with van der Waals surface area (Å²) in [6, 6.07) is 7.37. The second-order valence-corrected chi connectivity index (χ2v) is 5.54. The molecule has 0 atom stereocenters. The number of nitrogens with one attached hydrogen (secondary N) is 2. The summed E-state index contributed by atoms with van der Waals surface area (Å²) in [4.78, 5) is 10.9. The highest BCUT2D eigenvalue weighted by Gasteiger charge is 2.07. The number of ether oxygens (including phenoxy) is 2. The molecular weight excluding hydrogens is 306 g/mol. The largest absolute Gasteiger partial charge is 0.497 e. The molecule has 0 amide bonds. The quantitative estimate of drug-likeness (QED) is 0.684. The van der Waals surface area contributed by atoms with Crippen molar-refractivity contribution in [3.05, 3.63) is 30.5 Å². The van der Waals surface area contributed by atoms with Gasteiger partial charge in [-0.15, -0.1) is 0 Å². The fourth-order valence-corrected chi connectivity index (χ4v) is 2.16. The van der Waals surface area contributed by atoms with Gasteiger partial charge in [0.05, 0.1) is 19.9 Å². The first kappa shape index (κ1) is 17.8. The average molecular weight is 331 g/mol. The van der Waals surface area contributed by atoms with Crippen LogP contribution in [0.5, 0.6) is 11.5 Å². The molecule has 0 unspecified atom stereocenters. The Morgan fingerprint density at radius 1 is 1.12 bits per heavy atom. The van der Waals surface area contributed by atoms with E-state index in [-0.39, 0.29) is 0 Å². The Morgan fingerprint density at radius 3 is 2.67 bits per heavy atom. The molecule has 0 aliphatic carbocycles. The van der Waals surface area contributed by atoms with Crippen LogP contribution >= 0.6 is 0 Å². The van der Waals surface area contributed by atoms with Crippen molar-refractivity contribution in [2.75, 3.05) is 52.0 Å². The second kappa shape index (κ2) is 8.93. The lowest BCUT2D eigenvalue weighted by Gasteiger charge is -2.13. The van der Waals surface area contributed by atoms with E-state index in [2.05, 4.69) is 39.6 Å². The molecule has 0 spiro atoms. The molecule has 0 bridgehead atoms. The minimum atomic E-state index is 0.598. The predicted molar refractivity (Wildman–Crippen MR) is 96.5 cm³/mol. The van der Waals surface area contributed by atoms with Crippen molar-refractivity contribution >= 4 is 17.5 Å². The molecule has 0 radical (unpaired) electrons. The summed E-state index contributed by atoms with van der Waals surface area (Å²) in [6.45, 7) is 1.84. The van der Waals surface area contributed by atoms with Crippen molar-refractivity contribution < 1.29 is 9.47 Å². The van der Waals surface area contributed by atoms with Gasteiger partial charge in [-0.2, -0.15) is 4.98 Å². The third kappa shape index (κ3) is 5.27. The zero-order valence-corrected chi connectivity index (χ0v) is 14.7. The molecular formula is C17H25N5O2. The Morgan fingerprint density at radius 2 is 1.96 bits per heavy atom. The zero-order valence-electron chi connectivity index (χ0n) is 14.7. The highest BCUT2D eigenvalue weighted by Crippen LogP contribution is 2.31. The van der Waals surface area contributed by atoms with Crippen LogP contribution in [0.4, 0.5) is 17.5 Å². The van der Waals surface area contributed by atoms with Gasteiger partial charge in [0.15, 0.2) is 0 Å². The minimum absolute atomic E-state index is 0.598. The second-order valence-electron chi connectivity index (χ2n) is 5.54. The van der Waals surface area contributed by atoms with E-state index in [1.807, 2.05) is 24.3 Å². The van der Waals surface area contributed by atoms with Gasteiger partial charge in [0, 0.05) is 18.8 Å². The third-order valence-electron chi connectivity index (χ3n) is 3.39. The number of aromatic nitrogens is 2. The van der Waals surface area contributed by atoms with Crippen molar-refractivity contribution in [2.24, 2.45) is 0 Å². The molecule has 2 aromatic rings. The van der Waals surface area contributed by atoms with Gasteiger partial charge in [-0.25, -0.2) is 4.98 Å². The summed E-state index contributed by atoms with van der Waals surface area (Å²) < 4.78 is 10.6. The molecule has 0 fully saturated rings. The van der Waals surface area contributed by atoms with Gasteiger partial charge in [-0.05, 0) is 45.3 Å². The van der Waals surface area contributed by atoms with Gasteiger partial charge in [-0.3, -0.25) is 0 Å². The number of anilines is 3. The lowest BCUT2D eigenvalue weighted by Crippen LogP contribution is -2.17. The van der Waals surface area contributed by atoms with Crippen molar-refractivity contribution in [2.45, 2.75) is 6.42 Å². The van der Waals surface area contributed by atoms with Crippen LogP contribution in [0.15, 0.2) is 30.5 Å². The number of benzene rings is 1. The molecule has 0 aliphatic rings. The van der Waals surface area contributed by atoms with Crippen LogP contribution in [0.2, 0.25) is 0 Å². The maximum atomic E-state index is 5.37. The van der Waals surface area contributed by atoms with Crippen molar-refractivity contribution in [3.8, 4) is 11.5 Å². The van der Waals surface area contributed by atoms with Crippen LogP contribution in [0, 0.1) is 0 Å². The summed E-state index contributed by atoms with van der Waals surface area (Å²) >= 11 is 0. The van der Waals surface area contributed by atoms with E-state index in [0.717, 1.165) is 36.7 Å². The molecule has 2 rings (SSSR count). The monoisotopic (exact) mass is 331 g/mol. The number of rotatable bonds is 9. The Bertz CT molecular complexity index is 649. The Hall–Kier alpha value is -2.54. The molecule has 0 saturated carbocycles. The lowest BCUT2D eigenvalue weighted by atomic mass is 10.2. The Labute approximate surface area is 143 Å². The molecule has 2 N–H and O–H groups in total. The molecule has 7 nitrogen and oxygen atoms in total. The molecule has 0 aliphatic heterocycles. The number of hydrogen-bond acceptors (Lipinski definition) is 7. The normalized spacial score (nSPS) is 10.5. The fraction of sp³-hybridized carbons (Fsp3) is 0.412. The minimum Gasteiger partial charge on any atom is -0.497 e. The standard InChI is InChI=1S/C17H25N5O2/c1-22(2)11-5-9-18-17-19-10-8-16(21-17)20-14-12-13(23-3)6-7-15(14)24-4/h6-8,10,12H,5,9,11H2,1-4H3,(H2,18,19,20,21). The topological polar surface area (TPSA) is 71.5 Å². The van der Waals surface area contributed by atoms with E-state index in [1.54, 1.807) is 20.4 Å². The van der Waals surface area contributed by atoms with Crippen LogP contribution in [-0.2, 0) is 0 Å². The third-order valence-corrected chi connectivity index (χ3v) is 3.39. The molecule has 1 aromatic carbocycles. The van der Waals surface area contributed by atoms with Gasteiger partial charge in [0.2, 0.25) is 5.95 Å². The first-order valence-electron chi connectivity index (χ1n) is 7.83. The maximum Gasteiger partial charge on any atom is 0.224 e. The molecule has 0 saturated heterocycles. The van der Waals surface area contributed by atoms with Crippen molar-refractivity contribution in [1.29, 1.82) is 0 Å². The highest BCUT2D eigenvalue weighted by molar-refractivity contribution is 5.66. The van der Waals surface area contributed by atoms with Gasteiger partial charge in [-0.1, -0.05) is 0 Å². The summed E-state index contributed by atoms with van der Waals surface area (Å²) in [7, 11) is 7.38. The predicted octanol–water partition coefficient (Wildman–Crippen LogP) is 2.60. The van der Waals surface area contributed by atoms with Crippen LogP contribution in [0.1, 0.15) is 6.42 Å². The number of hydrogen-bond donors (Lipinski definition) is 2. The van der Waals surface area contributed by atoms with Gasteiger partial charge in [0.1, 0.15) is 17.3 Å². The first-order valence-corrected chi connectivity index (χ1v) is 7.83. The number of methoxy groups -OCH3 is 2. The molecule has 7 heteroatoms. The molecule has 130 valence electrons. The van der Waals surface area contributed by atoms with Crippen LogP contribution in [0.25, 0.3) is 0 Å². The fourth-order valence-electron chi connectivity index (χ4n) is 2.16. The van der Waals surface area contributed by atoms with E-state index in [4.69, 9.17) is 9.47 Å². The van der Waals surface area contributed by atoms with Crippen molar-refractivity contribution in [3.63, 3.8) is 0 Å². The van der Waals surface area contributed by atoms with Crippen LogP contribution in [0.3, 0.4) is 0 Å². The first-order chi connectivity index (χ1) is 11.6.